The maximum Gasteiger partial charge on any atom is 0.0465 e. The molecule has 11 rings (SSSR count). The molecule has 1 nitrogen and oxygen atoms in total. The standard InChI is InChI=1S/C61H59N/c1-57(2,3)48-34-53-55(43-22-15-13-20-40(43)48)45-29-26-37(32-51(45)60(53,9)10)62(36-25-28-42-39-19-17-18-24-47(39)59(7,8)50(42)31-36)38-27-30-46-52(33-38)61(11,12)54-35-49(58(4,5)6)41-21-14-16-23-44(41)56(46)54/h13-35H,1-12H3. The topological polar surface area (TPSA) is 3.24 Å². The first kappa shape index (κ1) is 39.0. The maximum absolute atomic E-state index is 2.55. The van der Waals surface area contributed by atoms with Gasteiger partial charge < -0.3 is 4.90 Å². The van der Waals surface area contributed by atoms with Crippen molar-refractivity contribution in [1.29, 1.82) is 0 Å². The van der Waals surface area contributed by atoms with Gasteiger partial charge in [0.2, 0.25) is 0 Å². The third kappa shape index (κ3) is 5.27. The molecule has 0 unspecified atom stereocenters. The Morgan fingerprint density at radius 1 is 0.323 bits per heavy atom. The third-order valence-corrected chi connectivity index (χ3v) is 15.3. The third-order valence-electron chi connectivity index (χ3n) is 15.3. The monoisotopic (exact) mass is 805 g/mol. The van der Waals surface area contributed by atoms with E-state index in [1.54, 1.807) is 0 Å². The SMILES string of the molecule is CC(C)(C)c1cc2c(c3ccccc13)-c1ccc(N(c3ccc4c(c3)C(C)(C)c3ccccc3-4)c3ccc4c(c3)C(C)(C)c3cc(C(C)(C)C)c5ccccc5c3-4)cc1C2(C)C. The summed E-state index contributed by atoms with van der Waals surface area (Å²) >= 11 is 0. The number of hydrogen-bond donors (Lipinski definition) is 0. The van der Waals surface area contributed by atoms with Gasteiger partial charge in [-0.2, -0.15) is 0 Å². The van der Waals surface area contributed by atoms with E-state index in [0.29, 0.717) is 0 Å². The molecular weight excluding hydrogens is 747 g/mol. The fourth-order valence-corrected chi connectivity index (χ4v) is 11.9. The van der Waals surface area contributed by atoms with Crippen LogP contribution in [-0.2, 0) is 27.1 Å². The van der Waals surface area contributed by atoms with E-state index in [0.717, 1.165) is 0 Å². The second kappa shape index (κ2) is 12.6. The van der Waals surface area contributed by atoms with E-state index in [2.05, 4.69) is 228 Å². The lowest BCUT2D eigenvalue weighted by atomic mass is 9.76. The second-order valence-corrected chi connectivity index (χ2v) is 22.2. The van der Waals surface area contributed by atoms with Crippen molar-refractivity contribution in [3.8, 4) is 33.4 Å². The molecule has 0 saturated carbocycles. The molecule has 8 aromatic rings. The Morgan fingerprint density at radius 3 is 1.10 bits per heavy atom. The smallest absolute Gasteiger partial charge is 0.0465 e. The molecule has 0 aliphatic heterocycles. The normalized spacial score (nSPS) is 16.1. The number of benzene rings is 8. The summed E-state index contributed by atoms with van der Waals surface area (Å²) in [5.41, 5.74) is 22.5. The van der Waals surface area contributed by atoms with Crippen molar-refractivity contribution < 1.29 is 0 Å². The van der Waals surface area contributed by atoms with Crippen LogP contribution in [0.25, 0.3) is 54.9 Å². The van der Waals surface area contributed by atoms with Crippen LogP contribution in [0.2, 0.25) is 0 Å². The van der Waals surface area contributed by atoms with Gasteiger partial charge in [-0.1, -0.05) is 186 Å². The van der Waals surface area contributed by atoms with Crippen molar-refractivity contribution in [2.24, 2.45) is 0 Å². The summed E-state index contributed by atoms with van der Waals surface area (Å²) in [4.78, 5) is 2.55. The van der Waals surface area contributed by atoms with Gasteiger partial charge in [0, 0.05) is 33.3 Å². The highest BCUT2D eigenvalue weighted by Crippen LogP contribution is 2.58. The van der Waals surface area contributed by atoms with Crippen LogP contribution in [-0.4, -0.2) is 0 Å². The number of anilines is 3. The van der Waals surface area contributed by atoms with Crippen LogP contribution in [0.15, 0.2) is 140 Å². The van der Waals surface area contributed by atoms with Gasteiger partial charge in [-0.05, 0) is 147 Å². The first-order valence-corrected chi connectivity index (χ1v) is 22.8. The van der Waals surface area contributed by atoms with Crippen molar-refractivity contribution in [2.45, 2.75) is 110 Å². The average Bonchev–Trinajstić information content (AvgIpc) is 3.71. The van der Waals surface area contributed by atoms with Crippen LogP contribution in [0.4, 0.5) is 17.1 Å². The summed E-state index contributed by atoms with van der Waals surface area (Å²) in [6.07, 6.45) is 0. The molecular formula is C61H59N. The second-order valence-electron chi connectivity index (χ2n) is 22.2. The molecule has 0 spiro atoms. The van der Waals surface area contributed by atoms with Gasteiger partial charge in [-0.15, -0.1) is 0 Å². The first-order chi connectivity index (χ1) is 29.3. The van der Waals surface area contributed by atoms with Gasteiger partial charge in [0.15, 0.2) is 0 Å². The van der Waals surface area contributed by atoms with Gasteiger partial charge in [0.05, 0.1) is 0 Å². The van der Waals surface area contributed by atoms with Gasteiger partial charge in [-0.25, -0.2) is 0 Å². The Labute approximate surface area is 369 Å². The highest BCUT2D eigenvalue weighted by molar-refractivity contribution is 6.06. The van der Waals surface area contributed by atoms with Crippen LogP contribution in [0.3, 0.4) is 0 Å². The zero-order valence-electron chi connectivity index (χ0n) is 38.7. The largest absolute Gasteiger partial charge is 0.310 e. The Balaban J connectivity index is 1.14. The molecule has 3 aliphatic carbocycles. The maximum atomic E-state index is 2.55. The molecule has 0 atom stereocenters. The number of fused-ring (bicyclic) bond motifs is 13. The molecule has 0 aromatic heterocycles. The molecule has 0 radical (unpaired) electrons. The fourth-order valence-electron chi connectivity index (χ4n) is 11.9. The van der Waals surface area contributed by atoms with Crippen LogP contribution in [0.1, 0.15) is 128 Å². The number of hydrogen-bond acceptors (Lipinski definition) is 1. The number of rotatable bonds is 3. The van der Waals surface area contributed by atoms with E-state index >= 15 is 0 Å². The molecule has 308 valence electrons. The minimum Gasteiger partial charge on any atom is -0.310 e. The molecule has 62 heavy (non-hydrogen) atoms. The van der Waals surface area contributed by atoms with Crippen LogP contribution < -0.4 is 4.90 Å². The Kier molecular flexibility index (Phi) is 7.92. The first-order valence-electron chi connectivity index (χ1n) is 22.8. The quantitative estimate of drug-likeness (QED) is 0.172. The van der Waals surface area contributed by atoms with Gasteiger partial charge in [-0.3, -0.25) is 0 Å². The summed E-state index contributed by atoms with van der Waals surface area (Å²) < 4.78 is 0. The van der Waals surface area contributed by atoms with Crippen molar-refractivity contribution in [3.05, 3.63) is 184 Å². The predicted octanol–water partition coefficient (Wildman–Crippen LogP) is 17.0. The van der Waals surface area contributed by atoms with Crippen molar-refractivity contribution in [3.63, 3.8) is 0 Å². The van der Waals surface area contributed by atoms with Gasteiger partial charge in [0.1, 0.15) is 0 Å². The minimum absolute atomic E-state index is 0.0179. The molecule has 3 aliphatic rings. The number of nitrogens with zero attached hydrogens (tertiary/aromatic N) is 1. The van der Waals surface area contributed by atoms with E-state index in [9.17, 15) is 0 Å². The summed E-state index contributed by atoms with van der Waals surface area (Å²) in [6, 6.07) is 54.1. The average molecular weight is 806 g/mol. The van der Waals surface area contributed by atoms with Gasteiger partial charge in [0.25, 0.3) is 0 Å². The van der Waals surface area contributed by atoms with Gasteiger partial charge >= 0.3 is 0 Å². The molecule has 1 heteroatoms. The molecule has 0 fully saturated rings. The van der Waals surface area contributed by atoms with Crippen molar-refractivity contribution in [1.82, 2.24) is 0 Å². The van der Waals surface area contributed by atoms with Crippen molar-refractivity contribution in [2.75, 3.05) is 4.90 Å². The highest BCUT2D eigenvalue weighted by atomic mass is 15.1. The van der Waals surface area contributed by atoms with E-state index in [1.165, 1.54) is 116 Å². The highest BCUT2D eigenvalue weighted by Gasteiger charge is 2.42. The zero-order chi connectivity index (χ0) is 43.5. The Bertz CT molecular complexity index is 3060. The minimum atomic E-state index is -0.189. The Morgan fingerprint density at radius 2 is 0.661 bits per heavy atom. The lowest BCUT2D eigenvalue weighted by Gasteiger charge is -2.31. The zero-order valence-corrected chi connectivity index (χ0v) is 38.7. The molecule has 0 amide bonds. The molecule has 0 heterocycles. The lowest BCUT2D eigenvalue weighted by Crippen LogP contribution is -2.20. The molecule has 0 bridgehead atoms. The van der Waals surface area contributed by atoms with E-state index in [4.69, 9.17) is 0 Å². The van der Waals surface area contributed by atoms with Crippen LogP contribution in [0.5, 0.6) is 0 Å². The summed E-state index contributed by atoms with van der Waals surface area (Å²) in [5.74, 6) is 0. The van der Waals surface area contributed by atoms with Crippen molar-refractivity contribution >= 4 is 38.6 Å². The van der Waals surface area contributed by atoms with Crippen LogP contribution >= 0.6 is 0 Å². The predicted molar refractivity (Wildman–Crippen MR) is 266 cm³/mol. The molecule has 8 aromatic carbocycles. The van der Waals surface area contributed by atoms with E-state index in [-0.39, 0.29) is 27.1 Å². The van der Waals surface area contributed by atoms with E-state index < -0.39 is 0 Å². The molecule has 0 N–H and O–H groups in total. The molecule has 0 saturated heterocycles. The summed E-state index contributed by atoms with van der Waals surface area (Å²) in [6.45, 7) is 28.6. The van der Waals surface area contributed by atoms with Crippen LogP contribution in [0, 0.1) is 0 Å². The van der Waals surface area contributed by atoms with E-state index in [1.807, 2.05) is 0 Å². The summed E-state index contributed by atoms with van der Waals surface area (Å²) in [5, 5.41) is 5.43. The fraction of sp³-hybridized carbons (Fsp3) is 0.279. The summed E-state index contributed by atoms with van der Waals surface area (Å²) in [7, 11) is 0. The Hall–Kier alpha value is -5.92. The lowest BCUT2D eigenvalue weighted by molar-refractivity contribution is 0.590.